The van der Waals surface area contributed by atoms with Gasteiger partial charge >= 0.3 is 0 Å². The van der Waals surface area contributed by atoms with Crippen LogP contribution >= 0.6 is 11.3 Å². The molecule has 1 unspecified atom stereocenters. The van der Waals surface area contributed by atoms with E-state index < -0.39 is 0 Å². The quantitative estimate of drug-likeness (QED) is 0.766. The molecule has 1 fully saturated rings. The van der Waals surface area contributed by atoms with E-state index in [0.717, 1.165) is 19.4 Å². The monoisotopic (exact) mass is 337 g/mol. The molecule has 0 bridgehead atoms. The minimum absolute atomic E-state index is 0.0847. The SMILES string of the molecule is CCN(CC)C(=O)CN(C)CC(=O)N1CCCC1c1cccs1. The summed E-state index contributed by atoms with van der Waals surface area (Å²) in [6.07, 6.45) is 2.09. The Morgan fingerprint density at radius 2 is 2.04 bits per heavy atom. The normalized spacial score (nSPS) is 17.7. The summed E-state index contributed by atoms with van der Waals surface area (Å²) in [6.45, 7) is 6.79. The third-order valence-corrected chi connectivity index (χ3v) is 5.34. The molecule has 1 aromatic heterocycles. The Morgan fingerprint density at radius 1 is 1.30 bits per heavy atom. The molecule has 128 valence electrons. The van der Waals surface area contributed by atoms with Crippen LogP contribution in [-0.2, 0) is 9.59 Å². The summed E-state index contributed by atoms with van der Waals surface area (Å²) in [5.74, 6) is 0.206. The molecular formula is C17H27N3O2S. The number of hydrogen-bond acceptors (Lipinski definition) is 4. The average Bonchev–Trinajstić information content (AvgIpc) is 3.19. The van der Waals surface area contributed by atoms with Gasteiger partial charge in [-0.2, -0.15) is 0 Å². The van der Waals surface area contributed by atoms with E-state index in [4.69, 9.17) is 0 Å². The summed E-state index contributed by atoms with van der Waals surface area (Å²) in [7, 11) is 1.84. The maximum Gasteiger partial charge on any atom is 0.237 e. The third-order valence-electron chi connectivity index (χ3n) is 4.37. The van der Waals surface area contributed by atoms with Crippen molar-refractivity contribution >= 4 is 23.2 Å². The van der Waals surface area contributed by atoms with Gasteiger partial charge in [-0.3, -0.25) is 14.5 Å². The predicted molar refractivity (Wildman–Crippen MR) is 93.4 cm³/mol. The average molecular weight is 337 g/mol. The summed E-state index contributed by atoms with van der Waals surface area (Å²) < 4.78 is 0. The van der Waals surface area contributed by atoms with E-state index in [9.17, 15) is 9.59 Å². The molecular weight excluding hydrogens is 310 g/mol. The summed E-state index contributed by atoms with van der Waals surface area (Å²) >= 11 is 1.71. The van der Waals surface area contributed by atoms with E-state index in [1.165, 1.54) is 4.88 Å². The number of thiophene rings is 1. The van der Waals surface area contributed by atoms with Gasteiger partial charge < -0.3 is 9.80 Å². The number of carbonyl (C=O) groups is 2. The molecule has 0 N–H and O–H groups in total. The van der Waals surface area contributed by atoms with E-state index >= 15 is 0 Å². The second-order valence-electron chi connectivity index (χ2n) is 6.00. The molecule has 1 atom stereocenters. The predicted octanol–water partition coefficient (Wildman–Crippen LogP) is 2.21. The molecule has 1 saturated heterocycles. The molecule has 0 aromatic carbocycles. The van der Waals surface area contributed by atoms with Gasteiger partial charge in [-0.25, -0.2) is 0 Å². The number of carbonyl (C=O) groups excluding carboxylic acids is 2. The number of amides is 2. The summed E-state index contributed by atoms with van der Waals surface area (Å²) in [6, 6.07) is 4.36. The van der Waals surface area contributed by atoms with Crippen LogP contribution in [-0.4, -0.2) is 66.3 Å². The molecule has 5 nitrogen and oxygen atoms in total. The fraction of sp³-hybridized carbons (Fsp3) is 0.647. The van der Waals surface area contributed by atoms with E-state index in [0.29, 0.717) is 26.2 Å². The fourth-order valence-electron chi connectivity index (χ4n) is 3.13. The lowest BCUT2D eigenvalue weighted by molar-refractivity contribution is -0.135. The van der Waals surface area contributed by atoms with Crippen molar-refractivity contribution in [3.8, 4) is 0 Å². The van der Waals surface area contributed by atoms with Crippen LogP contribution in [0.15, 0.2) is 17.5 Å². The standard InChI is InChI=1S/C17H27N3O2S/c1-4-19(5-2)16(21)12-18(3)13-17(22)20-10-6-8-14(20)15-9-7-11-23-15/h7,9,11,14H,4-6,8,10,12-13H2,1-3H3. The number of likely N-dealkylation sites (N-methyl/N-ethyl adjacent to an activating group) is 2. The zero-order chi connectivity index (χ0) is 16.8. The Kier molecular flexibility index (Phi) is 6.59. The molecule has 6 heteroatoms. The second kappa shape index (κ2) is 8.45. The maximum atomic E-state index is 12.6. The number of rotatable bonds is 7. The first-order chi connectivity index (χ1) is 11.1. The van der Waals surface area contributed by atoms with Crippen LogP contribution in [0.25, 0.3) is 0 Å². The largest absolute Gasteiger partial charge is 0.342 e. The Labute approximate surface area is 142 Å². The van der Waals surface area contributed by atoms with Gasteiger partial charge in [-0.1, -0.05) is 6.07 Å². The van der Waals surface area contributed by atoms with Crippen LogP contribution in [0.1, 0.15) is 37.6 Å². The molecule has 1 aliphatic rings. The van der Waals surface area contributed by atoms with Gasteiger partial charge in [0.25, 0.3) is 0 Å². The van der Waals surface area contributed by atoms with E-state index in [1.807, 2.05) is 36.8 Å². The number of likely N-dealkylation sites (tertiary alicyclic amines) is 1. The summed E-state index contributed by atoms with van der Waals surface area (Å²) in [5.41, 5.74) is 0. The van der Waals surface area contributed by atoms with Gasteiger partial charge in [-0.05, 0) is 45.2 Å². The molecule has 2 heterocycles. The lowest BCUT2D eigenvalue weighted by Gasteiger charge is -2.27. The van der Waals surface area contributed by atoms with Crippen LogP contribution in [0.2, 0.25) is 0 Å². The summed E-state index contributed by atoms with van der Waals surface area (Å²) in [4.78, 5) is 31.6. The smallest absolute Gasteiger partial charge is 0.237 e. The lowest BCUT2D eigenvalue weighted by Crippen LogP contribution is -2.43. The first kappa shape index (κ1) is 17.9. The number of nitrogens with zero attached hydrogens (tertiary/aromatic N) is 3. The van der Waals surface area contributed by atoms with Crippen molar-refractivity contribution in [3.63, 3.8) is 0 Å². The van der Waals surface area contributed by atoms with Crippen LogP contribution in [0.4, 0.5) is 0 Å². The first-order valence-electron chi connectivity index (χ1n) is 8.36. The van der Waals surface area contributed by atoms with Gasteiger partial charge in [-0.15, -0.1) is 11.3 Å². The molecule has 0 radical (unpaired) electrons. The lowest BCUT2D eigenvalue weighted by atomic mass is 10.2. The fourth-order valence-corrected chi connectivity index (χ4v) is 4.00. The van der Waals surface area contributed by atoms with Crippen molar-refractivity contribution in [2.45, 2.75) is 32.7 Å². The van der Waals surface area contributed by atoms with E-state index in [-0.39, 0.29) is 17.9 Å². The molecule has 2 rings (SSSR count). The first-order valence-corrected chi connectivity index (χ1v) is 9.24. The molecule has 1 aliphatic heterocycles. The molecule has 0 spiro atoms. The highest BCUT2D eigenvalue weighted by atomic mass is 32.1. The molecule has 0 saturated carbocycles. The van der Waals surface area contributed by atoms with Gasteiger partial charge in [0.2, 0.25) is 11.8 Å². The Hall–Kier alpha value is -1.40. The minimum Gasteiger partial charge on any atom is -0.342 e. The molecule has 2 amide bonds. The Morgan fingerprint density at radius 3 is 2.65 bits per heavy atom. The van der Waals surface area contributed by atoms with E-state index in [1.54, 1.807) is 16.2 Å². The van der Waals surface area contributed by atoms with E-state index in [2.05, 4.69) is 11.4 Å². The van der Waals surface area contributed by atoms with Crippen molar-refractivity contribution in [3.05, 3.63) is 22.4 Å². The number of hydrogen-bond donors (Lipinski definition) is 0. The maximum absolute atomic E-state index is 12.6. The van der Waals surface area contributed by atoms with Crippen LogP contribution in [0.5, 0.6) is 0 Å². The molecule has 1 aromatic rings. The third kappa shape index (κ3) is 4.54. The van der Waals surface area contributed by atoms with Crippen molar-refractivity contribution in [2.24, 2.45) is 0 Å². The molecule has 0 aliphatic carbocycles. The zero-order valence-corrected chi connectivity index (χ0v) is 15.1. The van der Waals surface area contributed by atoms with Gasteiger partial charge in [0.15, 0.2) is 0 Å². The van der Waals surface area contributed by atoms with Crippen LogP contribution < -0.4 is 0 Å². The second-order valence-corrected chi connectivity index (χ2v) is 6.98. The van der Waals surface area contributed by atoms with Gasteiger partial charge in [0.1, 0.15) is 0 Å². The van der Waals surface area contributed by atoms with Crippen molar-refractivity contribution in [1.82, 2.24) is 14.7 Å². The van der Waals surface area contributed by atoms with Crippen molar-refractivity contribution in [2.75, 3.05) is 39.8 Å². The Balaban J connectivity index is 1.89. The topological polar surface area (TPSA) is 43.9 Å². The van der Waals surface area contributed by atoms with Crippen LogP contribution in [0, 0.1) is 0 Å². The molecule has 23 heavy (non-hydrogen) atoms. The Bertz CT molecular complexity index is 514. The highest BCUT2D eigenvalue weighted by Crippen LogP contribution is 2.34. The van der Waals surface area contributed by atoms with Gasteiger partial charge in [0.05, 0.1) is 19.1 Å². The van der Waals surface area contributed by atoms with Crippen LogP contribution in [0.3, 0.4) is 0 Å². The summed E-state index contributed by atoms with van der Waals surface area (Å²) in [5, 5.41) is 2.06. The highest BCUT2D eigenvalue weighted by Gasteiger charge is 2.31. The van der Waals surface area contributed by atoms with Crippen molar-refractivity contribution < 1.29 is 9.59 Å². The highest BCUT2D eigenvalue weighted by molar-refractivity contribution is 7.10. The van der Waals surface area contributed by atoms with Gasteiger partial charge in [0, 0.05) is 24.5 Å². The van der Waals surface area contributed by atoms with Crippen molar-refractivity contribution in [1.29, 1.82) is 0 Å². The zero-order valence-electron chi connectivity index (χ0n) is 14.3. The minimum atomic E-state index is 0.0847.